The molecule has 4 rings (SSSR count). The second-order valence-corrected chi connectivity index (χ2v) is 9.85. The third kappa shape index (κ3) is 6.77. The number of thiazole rings is 1. The molecule has 0 atom stereocenters. The van der Waals surface area contributed by atoms with Gasteiger partial charge < -0.3 is 15.0 Å². The number of rotatable bonds is 9. The number of anilines is 1. The Kier molecular flexibility index (Phi) is 7.93. The quantitative estimate of drug-likeness (QED) is 0.494. The number of nitrogens with one attached hydrogen (secondary N) is 1. The molecule has 3 aromatic rings. The molecule has 8 nitrogen and oxygen atoms in total. The van der Waals surface area contributed by atoms with Crippen molar-refractivity contribution < 1.29 is 9.53 Å². The number of carbonyl (C=O) groups excluding carboxylic acids is 1. The monoisotopic (exact) mass is 468 g/mol. The predicted molar refractivity (Wildman–Crippen MR) is 130 cm³/mol. The number of hydrogen-bond acceptors (Lipinski definition) is 7. The molecule has 1 fully saturated rings. The number of hydrogen-bond donors (Lipinski definition) is 1. The smallest absolute Gasteiger partial charge is 0.407 e. The van der Waals surface area contributed by atoms with Gasteiger partial charge in [0.25, 0.3) is 0 Å². The lowest BCUT2D eigenvalue weighted by molar-refractivity contribution is 0.138. The molecule has 0 aliphatic carbocycles. The van der Waals surface area contributed by atoms with Crippen molar-refractivity contribution in [1.82, 2.24) is 25.1 Å². The van der Waals surface area contributed by atoms with Gasteiger partial charge in [-0.15, -0.1) is 11.3 Å². The Labute approximate surface area is 199 Å². The maximum atomic E-state index is 11.8. The first-order valence-electron chi connectivity index (χ1n) is 11.6. The molecule has 1 N–H and O–H groups in total. The van der Waals surface area contributed by atoms with Crippen LogP contribution in [0, 0.1) is 11.8 Å². The van der Waals surface area contributed by atoms with Gasteiger partial charge in [0.05, 0.1) is 11.9 Å². The van der Waals surface area contributed by atoms with Crippen LogP contribution >= 0.6 is 11.3 Å². The number of carbonyl (C=O) groups is 1. The molecule has 1 saturated heterocycles. The van der Waals surface area contributed by atoms with Crippen molar-refractivity contribution in [3.63, 3.8) is 0 Å². The number of nitrogens with zero attached hydrogens (tertiary/aromatic N) is 5. The van der Waals surface area contributed by atoms with Crippen LogP contribution in [0.25, 0.3) is 11.3 Å². The molecule has 0 spiro atoms. The van der Waals surface area contributed by atoms with E-state index < -0.39 is 0 Å². The van der Waals surface area contributed by atoms with Crippen LogP contribution in [0.2, 0.25) is 0 Å². The largest absolute Gasteiger partial charge is 0.442 e. The SMILES string of the molecule is CC(C)Cn1cc(-c2cccc(N3CCC(CCNC(=O)OCc4nccs4)CC3)n2)cn1. The van der Waals surface area contributed by atoms with E-state index in [1.165, 1.54) is 11.3 Å². The zero-order valence-electron chi connectivity index (χ0n) is 19.3. The van der Waals surface area contributed by atoms with Crippen molar-refractivity contribution >= 4 is 23.2 Å². The zero-order valence-corrected chi connectivity index (χ0v) is 20.1. The molecule has 3 aromatic heterocycles. The van der Waals surface area contributed by atoms with E-state index in [2.05, 4.69) is 52.5 Å². The molecular weight excluding hydrogens is 436 g/mol. The number of amides is 1. The highest BCUT2D eigenvalue weighted by Gasteiger charge is 2.20. The summed E-state index contributed by atoms with van der Waals surface area (Å²) in [5.41, 5.74) is 2.02. The summed E-state index contributed by atoms with van der Waals surface area (Å²) in [6.07, 6.45) is 8.45. The van der Waals surface area contributed by atoms with Crippen LogP contribution in [0.1, 0.15) is 38.1 Å². The zero-order chi connectivity index (χ0) is 23.0. The van der Waals surface area contributed by atoms with E-state index in [0.717, 1.165) is 61.0 Å². The van der Waals surface area contributed by atoms with Crippen LogP contribution in [0.15, 0.2) is 42.2 Å². The van der Waals surface area contributed by atoms with Crippen LogP contribution in [-0.4, -0.2) is 45.5 Å². The summed E-state index contributed by atoms with van der Waals surface area (Å²) in [6.45, 7) is 8.10. The molecule has 0 bridgehead atoms. The van der Waals surface area contributed by atoms with E-state index in [-0.39, 0.29) is 12.7 Å². The van der Waals surface area contributed by atoms with Crippen LogP contribution in [0.3, 0.4) is 0 Å². The summed E-state index contributed by atoms with van der Waals surface area (Å²) in [7, 11) is 0. The minimum atomic E-state index is -0.375. The molecule has 1 amide bonds. The third-order valence-electron chi connectivity index (χ3n) is 5.79. The van der Waals surface area contributed by atoms with E-state index in [9.17, 15) is 4.79 Å². The average molecular weight is 469 g/mol. The Morgan fingerprint density at radius 1 is 1.30 bits per heavy atom. The Hall–Kier alpha value is -2.94. The summed E-state index contributed by atoms with van der Waals surface area (Å²) < 4.78 is 7.18. The molecule has 0 radical (unpaired) electrons. The van der Waals surface area contributed by atoms with Gasteiger partial charge in [0, 0.05) is 49.5 Å². The van der Waals surface area contributed by atoms with Crippen LogP contribution in [0.4, 0.5) is 10.6 Å². The Morgan fingerprint density at radius 3 is 2.91 bits per heavy atom. The maximum Gasteiger partial charge on any atom is 0.407 e. The fourth-order valence-electron chi connectivity index (χ4n) is 4.06. The molecule has 0 saturated carbocycles. The molecular formula is C24H32N6O2S. The van der Waals surface area contributed by atoms with Crippen LogP contribution in [0.5, 0.6) is 0 Å². The van der Waals surface area contributed by atoms with Crippen LogP contribution in [-0.2, 0) is 17.9 Å². The first-order chi connectivity index (χ1) is 16.1. The molecule has 1 aliphatic rings. The van der Waals surface area contributed by atoms with Crippen LogP contribution < -0.4 is 10.2 Å². The van der Waals surface area contributed by atoms with Gasteiger partial charge in [0.15, 0.2) is 0 Å². The van der Waals surface area contributed by atoms with Gasteiger partial charge in [-0.2, -0.15) is 5.10 Å². The molecule has 4 heterocycles. The van der Waals surface area contributed by atoms with Gasteiger partial charge in [-0.3, -0.25) is 4.68 Å². The highest BCUT2D eigenvalue weighted by atomic mass is 32.1. The summed E-state index contributed by atoms with van der Waals surface area (Å²) in [4.78, 5) is 23.2. The van der Waals surface area contributed by atoms with Gasteiger partial charge in [-0.1, -0.05) is 19.9 Å². The van der Waals surface area contributed by atoms with Crippen molar-refractivity contribution in [3.05, 3.63) is 47.2 Å². The average Bonchev–Trinajstić information content (AvgIpc) is 3.50. The number of alkyl carbamates (subject to hydrolysis) is 1. The van der Waals surface area contributed by atoms with E-state index in [1.54, 1.807) is 6.20 Å². The van der Waals surface area contributed by atoms with E-state index >= 15 is 0 Å². The Morgan fingerprint density at radius 2 is 2.15 bits per heavy atom. The summed E-state index contributed by atoms with van der Waals surface area (Å²) in [5, 5.41) is 10.0. The number of piperidine rings is 1. The molecule has 1 aliphatic heterocycles. The lowest BCUT2D eigenvalue weighted by atomic mass is 9.93. The number of pyridine rings is 1. The Bertz CT molecular complexity index is 1010. The topological polar surface area (TPSA) is 85.2 Å². The first-order valence-corrected chi connectivity index (χ1v) is 12.5. The van der Waals surface area contributed by atoms with Gasteiger partial charge in [-0.05, 0) is 43.2 Å². The summed E-state index contributed by atoms with van der Waals surface area (Å²) in [6, 6.07) is 6.21. The number of aromatic nitrogens is 4. The van der Waals surface area contributed by atoms with Crippen molar-refractivity contribution in [2.45, 2.75) is 46.3 Å². The highest BCUT2D eigenvalue weighted by molar-refractivity contribution is 7.09. The third-order valence-corrected chi connectivity index (χ3v) is 6.54. The lowest BCUT2D eigenvalue weighted by Gasteiger charge is -2.33. The van der Waals surface area contributed by atoms with Gasteiger partial charge in [-0.25, -0.2) is 14.8 Å². The maximum absolute atomic E-state index is 11.8. The molecule has 0 unspecified atom stereocenters. The van der Waals surface area contributed by atoms with E-state index in [0.29, 0.717) is 18.4 Å². The first kappa shape index (κ1) is 23.2. The molecule has 9 heteroatoms. The minimum Gasteiger partial charge on any atom is -0.442 e. The highest BCUT2D eigenvalue weighted by Crippen LogP contribution is 2.26. The minimum absolute atomic E-state index is 0.229. The van der Waals surface area contributed by atoms with Gasteiger partial charge >= 0.3 is 6.09 Å². The fourth-order valence-corrected chi connectivity index (χ4v) is 4.59. The second-order valence-electron chi connectivity index (χ2n) is 8.87. The van der Waals surface area contributed by atoms with Gasteiger partial charge in [0.1, 0.15) is 17.4 Å². The number of ether oxygens (including phenoxy) is 1. The van der Waals surface area contributed by atoms with Gasteiger partial charge in [0.2, 0.25) is 0 Å². The van der Waals surface area contributed by atoms with E-state index in [1.807, 2.05) is 22.3 Å². The normalized spacial score (nSPS) is 14.6. The molecule has 176 valence electrons. The van der Waals surface area contributed by atoms with Crippen molar-refractivity contribution in [2.24, 2.45) is 11.8 Å². The lowest BCUT2D eigenvalue weighted by Crippen LogP contribution is -2.35. The molecule has 33 heavy (non-hydrogen) atoms. The second kappa shape index (κ2) is 11.3. The standard InChI is InChI=1S/C24H32N6O2S/c1-18(2)15-30-16-20(14-27-30)21-4-3-5-22(28-21)29-11-7-19(8-12-29)6-9-26-24(31)32-17-23-25-10-13-33-23/h3-5,10,13-14,16,18-19H,6-9,11-12,15,17H2,1-2H3,(H,26,31). The Balaban J connectivity index is 1.21. The van der Waals surface area contributed by atoms with Crippen molar-refractivity contribution in [1.29, 1.82) is 0 Å². The van der Waals surface area contributed by atoms with Crippen molar-refractivity contribution in [3.8, 4) is 11.3 Å². The molecule has 0 aromatic carbocycles. The fraction of sp³-hybridized carbons (Fsp3) is 0.500. The van der Waals surface area contributed by atoms with Crippen molar-refractivity contribution in [2.75, 3.05) is 24.5 Å². The predicted octanol–water partition coefficient (Wildman–Crippen LogP) is 4.59. The van der Waals surface area contributed by atoms with E-state index in [4.69, 9.17) is 9.72 Å². The summed E-state index contributed by atoms with van der Waals surface area (Å²) in [5.74, 6) is 2.17. The summed E-state index contributed by atoms with van der Waals surface area (Å²) >= 11 is 1.48.